The standard InChI is InChI=1S/C15H14OS/c16-17(14-7-3-4-8-14)15-10-9-12-5-1-2-6-13(12)11-15/h1-3,5-7,9-11,14H,4,8H2. The van der Waals surface area contributed by atoms with Crippen LogP contribution in [0.2, 0.25) is 0 Å². The first-order valence-corrected chi connectivity index (χ1v) is 7.12. The number of allylic oxidation sites excluding steroid dienone is 1. The summed E-state index contributed by atoms with van der Waals surface area (Å²) in [6, 6.07) is 14.3. The zero-order chi connectivity index (χ0) is 11.7. The van der Waals surface area contributed by atoms with E-state index >= 15 is 0 Å². The zero-order valence-corrected chi connectivity index (χ0v) is 10.3. The Hall–Kier alpha value is -1.41. The Morgan fingerprint density at radius 3 is 2.65 bits per heavy atom. The summed E-state index contributed by atoms with van der Waals surface area (Å²) < 4.78 is 12.4. The molecule has 86 valence electrons. The van der Waals surface area contributed by atoms with Crippen LogP contribution in [0.3, 0.4) is 0 Å². The highest BCUT2D eigenvalue weighted by molar-refractivity contribution is 7.85. The molecule has 0 saturated heterocycles. The molecule has 1 aliphatic rings. The summed E-state index contributed by atoms with van der Waals surface area (Å²) in [5.74, 6) is 0. The van der Waals surface area contributed by atoms with Gasteiger partial charge >= 0.3 is 0 Å². The largest absolute Gasteiger partial charge is 0.254 e. The Morgan fingerprint density at radius 2 is 1.88 bits per heavy atom. The van der Waals surface area contributed by atoms with E-state index in [4.69, 9.17) is 0 Å². The van der Waals surface area contributed by atoms with Crippen LogP contribution in [0.5, 0.6) is 0 Å². The van der Waals surface area contributed by atoms with Crippen molar-refractivity contribution in [1.82, 2.24) is 0 Å². The lowest BCUT2D eigenvalue weighted by Crippen LogP contribution is -2.09. The maximum atomic E-state index is 12.4. The Labute approximate surface area is 104 Å². The summed E-state index contributed by atoms with van der Waals surface area (Å²) >= 11 is 0. The molecule has 0 spiro atoms. The summed E-state index contributed by atoms with van der Waals surface area (Å²) in [5, 5.41) is 2.58. The minimum absolute atomic E-state index is 0.205. The van der Waals surface area contributed by atoms with Gasteiger partial charge in [-0.05, 0) is 35.7 Å². The number of rotatable bonds is 2. The quantitative estimate of drug-likeness (QED) is 0.734. The van der Waals surface area contributed by atoms with Gasteiger partial charge in [0.25, 0.3) is 0 Å². The van der Waals surface area contributed by atoms with E-state index in [0.29, 0.717) is 0 Å². The van der Waals surface area contributed by atoms with E-state index in [9.17, 15) is 4.21 Å². The summed E-state index contributed by atoms with van der Waals surface area (Å²) in [4.78, 5) is 0.945. The molecule has 0 bridgehead atoms. The number of benzene rings is 2. The van der Waals surface area contributed by atoms with Crippen molar-refractivity contribution in [3.8, 4) is 0 Å². The number of hydrogen-bond donors (Lipinski definition) is 0. The van der Waals surface area contributed by atoms with Crippen molar-refractivity contribution in [3.63, 3.8) is 0 Å². The number of fused-ring (bicyclic) bond motifs is 1. The number of hydrogen-bond acceptors (Lipinski definition) is 1. The molecule has 17 heavy (non-hydrogen) atoms. The van der Waals surface area contributed by atoms with Gasteiger partial charge < -0.3 is 0 Å². The molecule has 0 aliphatic heterocycles. The fourth-order valence-electron chi connectivity index (χ4n) is 2.25. The van der Waals surface area contributed by atoms with E-state index in [1.807, 2.05) is 18.2 Å². The lowest BCUT2D eigenvalue weighted by atomic mass is 10.1. The molecular formula is C15H14OS. The first kappa shape index (κ1) is 10.7. The molecule has 1 aliphatic carbocycles. The van der Waals surface area contributed by atoms with Crippen molar-refractivity contribution in [1.29, 1.82) is 0 Å². The molecule has 3 rings (SSSR count). The average molecular weight is 242 g/mol. The second-order valence-corrected chi connectivity index (χ2v) is 6.02. The van der Waals surface area contributed by atoms with Crippen LogP contribution in [-0.2, 0) is 10.8 Å². The van der Waals surface area contributed by atoms with Gasteiger partial charge in [-0.2, -0.15) is 0 Å². The van der Waals surface area contributed by atoms with Crippen LogP contribution in [0.15, 0.2) is 59.5 Å². The van der Waals surface area contributed by atoms with Crippen molar-refractivity contribution < 1.29 is 4.21 Å². The first-order valence-electron chi connectivity index (χ1n) is 5.91. The minimum Gasteiger partial charge on any atom is -0.254 e. The molecule has 2 aromatic carbocycles. The smallest absolute Gasteiger partial charge is 0.0599 e. The maximum absolute atomic E-state index is 12.4. The van der Waals surface area contributed by atoms with Gasteiger partial charge in [0.1, 0.15) is 0 Å². The van der Waals surface area contributed by atoms with Crippen LogP contribution in [0.1, 0.15) is 12.8 Å². The summed E-state index contributed by atoms with van der Waals surface area (Å²) in [7, 11) is -0.902. The van der Waals surface area contributed by atoms with Gasteiger partial charge in [-0.15, -0.1) is 0 Å². The van der Waals surface area contributed by atoms with E-state index < -0.39 is 10.8 Å². The predicted octanol–water partition coefficient (Wildman–Crippen LogP) is 3.67. The first-order chi connectivity index (χ1) is 8.34. The van der Waals surface area contributed by atoms with Gasteiger partial charge in [-0.3, -0.25) is 4.21 Å². The highest BCUT2D eigenvalue weighted by atomic mass is 32.2. The van der Waals surface area contributed by atoms with Gasteiger partial charge in [-0.1, -0.05) is 42.5 Å². The third-order valence-electron chi connectivity index (χ3n) is 3.20. The van der Waals surface area contributed by atoms with E-state index in [-0.39, 0.29) is 5.25 Å². The van der Waals surface area contributed by atoms with Gasteiger partial charge in [-0.25, -0.2) is 0 Å². The Kier molecular flexibility index (Phi) is 2.81. The summed E-state index contributed by atoms with van der Waals surface area (Å²) in [6.45, 7) is 0. The molecule has 0 aromatic heterocycles. The van der Waals surface area contributed by atoms with Crippen molar-refractivity contribution in [3.05, 3.63) is 54.6 Å². The van der Waals surface area contributed by atoms with Crippen LogP contribution < -0.4 is 0 Å². The molecule has 1 nitrogen and oxygen atoms in total. The lowest BCUT2D eigenvalue weighted by Gasteiger charge is -2.08. The molecule has 0 radical (unpaired) electrons. The van der Waals surface area contributed by atoms with Crippen LogP contribution in [0.25, 0.3) is 10.8 Å². The Balaban J connectivity index is 2.00. The van der Waals surface area contributed by atoms with E-state index in [1.165, 1.54) is 10.8 Å². The van der Waals surface area contributed by atoms with Crippen molar-refractivity contribution in [2.45, 2.75) is 23.0 Å². The SMILES string of the molecule is O=S(c1ccc2ccccc2c1)C1C=CCC1. The zero-order valence-electron chi connectivity index (χ0n) is 9.50. The maximum Gasteiger partial charge on any atom is 0.0599 e. The third-order valence-corrected chi connectivity index (χ3v) is 4.86. The van der Waals surface area contributed by atoms with E-state index in [1.54, 1.807) is 0 Å². The molecule has 2 aromatic rings. The van der Waals surface area contributed by atoms with Gasteiger partial charge in [0.05, 0.1) is 16.0 Å². The Bertz CT molecular complexity index is 601. The summed E-state index contributed by atoms with van der Waals surface area (Å²) in [6.07, 6.45) is 6.29. The normalized spacial score (nSPS) is 20.8. The topological polar surface area (TPSA) is 17.1 Å². The van der Waals surface area contributed by atoms with Gasteiger partial charge in [0.2, 0.25) is 0 Å². The molecular weight excluding hydrogens is 228 g/mol. The predicted molar refractivity (Wildman–Crippen MR) is 72.5 cm³/mol. The molecule has 0 heterocycles. The summed E-state index contributed by atoms with van der Waals surface area (Å²) in [5.41, 5.74) is 0. The molecule has 2 heteroatoms. The van der Waals surface area contributed by atoms with Crippen LogP contribution in [0.4, 0.5) is 0 Å². The van der Waals surface area contributed by atoms with Gasteiger partial charge in [0, 0.05) is 4.90 Å². The molecule has 0 N–H and O–H groups in total. The Morgan fingerprint density at radius 1 is 1.06 bits per heavy atom. The molecule has 0 amide bonds. The van der Waals surface area contributed by atoms with Crippen molar-refractivity contribution >= 4 is 21.6 Å². The van der Waals surface area contributed by atoms with Crippen molar-refractivity contribution in [2.24, 2.45) is 0 Å². The van der Waals surface area contributed by atoms with Crippen LogP contribution >= 0.6 is 0 Å². The van der Waals surface area contributed by atoms with Crippen LogP contribution in [0, 0.1) is 0 Å². The fraction of sp³-hybridized carbons (Fsp3) is 0.200. The van der Waals surface area contributed by atoms with Crippen LogP contribution in [-0.4, -0.2) is 9.46 Å². The fourth-order valence-corrected chi connectivity index (χ4v) is 3.65. The molecule has 2 unspecified atom stereocenters. The molecule has 0 saturated carbocycles. The van der Waals surface area contributed by atoms with E-state index in [0.717, 1.165) is 17.7 Å². The molecule has 0 fully saturated rings. The molecule has 2 atom stereocenters. The highest BCUT2D eigenvalue weighted by Gasteiger charge is 2.18. The monoisotopic (exact) mass is 242 g/mol. The minimum atomic E-state index is -0.902. The van der Waals surface area contributed by atoms with E-state index in [2.05, 4.69) is 36.4 Å². The second kappa shape index (κ2) is 4.46. The van der Waals surface area contributed by atoms with Crippen molar-refractivity contribution in [2.75, 3.05) is 0 Å². The highest BCUT2D eigenvalue weighted by Crippen LogP contribution is 2.24. The third kappa shape index (κ3) is 2.05. The average Bonchev–Trinajstić information content (AvgIpc) is 2.91. The second-order valence-electron chi connectivity index (χ2n) is 4.35. The van der Waals surface area contributed by atoms with Gasteiger partial charge in [0.15, 0.2) is 0 Å². The lowest BCUT2D eigenvalue weighted by molar-refractivity contribution is 0.675.